The minimum Gasteiger partial charge on any atom is -0.385 e. The molecule has 1 saturated heterocycles. The van der Waals surface area contributed by atoms with Crippen LogP contribution in [-0.2, 0) is 21.6 Å². The topological polar surface area (TPSA) is 85.0 Å². The van der Waals surface area contributed by atoms with Crippen molar-refractivity contribution in [2.45, 2.75) is 44.4 Å². The van der Waals surface area contributed by atoms with Gasteiger partial charge in [-0.15, -0.1) is 0 Å². The zero-order valence-electron chi connectivity index (χ0n) is 22.5. The summed E-state index contributed by atoms with van der Waals surface area (Å²) in [5.41, 5.74) is 6.87. The number of hydrogen-bond acceptors (Lipinski definition) is 5. The summed E-state index contributed by atoms with van der Waals surface area (Å²) in [4.78, 5) is 15.0. The smallest absolute Gasteiger partial charge is 0.254 e. The molecule has 1 fully saturated rings. The Hall–Kier alpha value is -3.17. The number of aliphatic hydroxyl groups is 1. The minimum atomic E-state index is -1.63. The van der Waals surface area contributed by atoms with Gasteiger partial charge in [-0.25, -0.2) is 8.78 Å². The molecule has 0 unspecified atom stereocenters. The van der Waals surface area contributed by atoms with Gasteiger partial charge in [0, 0.05) is 37.9 Å². The number of carbonyl (C=O) groups excluding carboxylic acids is 1. The molecule has 1 aliphatic rings. The number of methoxy groups -OCH3 is 1. The van der Waals surface area contributed by atoms with Crippen LogP contribution in [0, 0.1) is 18.6 Å². The van der Waals surface area contributed by atoms with E-state index in [9.17, 15) is 14.3 Å². The Balaban J connectivity index is 1.71. The van der Waals surface area contributed by atoms with Gasteiger partial charge in [-0.1, -0.05) is 30.3 Å². The third-order valence-corrected chi connectivity index (χ3v) is 7.41. The van der Waals surface area contributed by atoms with Gasteiger partial charge in [0.2, 0.25) is 0 Å². The first-order chi connectivity index (χ1) is 18.8. The fraction of sp³-hybridized carbons (Fsp3) is 0.387. The molecule has 0 radical (unpaired) electrons. The lowest BCUT2D eigenvalue weighted by Crippen LogP contribution is -2.54. The van der Waals surface area contributed by atoms with Crippen LogP contribution >= 0.6 is 0 Å². The maximum absolute atomic E-state index is 15.5. The predicted molar refractivity (Wildman–Crippen MR) is 146 cm³/mol. The van der Waals surface area contributed by atoms with Crippen molar-refractivity contribution < 1.29 is 28.2 Å². The first-order valence-corrected chi connectivity index (χ1v) is 13.2. The fourth-order valence-corrected chi connectivity index (χ4v) is 5.18. The lowest BCUT2D eigenvalue weighted by molar-refractivity contribution is -0.146. The molecular weight excluding hydrogens is 502 g/mol. The maximum atomic E-state index is 15.5. The van der Waals surface area contributed by atoms with E-state index in [1.807, 2.05) is 12.1 Å². The molecule has 3 N–H and O–H groups in total. The van der Waals surface area contributed by atoms with E-state index >= 15 is 4.39 Å². The van der Waals surface area contributed by atoms with Crippen LogP contribution < -0.4 is 5.73 Å². The van der Waals surface area contributed by atoms with Crippen LogP contribution in [0.5, 0.6) is 0 Å². The highest BCUT2D eigenvalue weighted by atomic mass is 19.1. The normalized spacial score (nSPS) is 17.2. The number of unbranched alkanes of at least 4 members (excludes halogenated alkanes) is 1. The van der Waals surface area contributed by atoms with E-state index in [1.54, 1.807) is 49.3 Å². The average Bonchev–Trinajstić information content (AvgIpc) is 2.96. The molecule has 1 amide bonds. The maximum Gasteiger partial charge on any atom is 0.254 e. The molecule has 0 aromatic heterocycles. The molecule has 208 valence electrons. The number of morpholine rings is 1. The van der Waals surface area contributed by atoms with Crippen molar-refractivity contribution >= 4 is 5.91 Å². The quantitative estimate of drug-likeness (QED) is 0.357. The van der Waals surface area contributed by atoms with E-state index in [1.165, 1.54) is 18.2 Å². The molecule has 1 aliphatic heterocycles. The SMILES string of the molecule is COCCCC[C@@](O)(c1cccc(F)c1-c1ccc(F)c(C)c1)[C@H]1CN(C(=O)c2ccc(CN)cc2)CCO1. The van der Waals surface area contributed by atoms with Crippen LogP contribution in [0.2, 0.25) is 0 Å². The lowest BCUT2D eigenvalue weighted by Gasteiger charge is -2.43. The summed E-state index contributed by atoms with van der Waals surface area (Å²) < 4.78 is 40.8. The molecule has 0 bridgehead atoms. The lowest BCUT2D eigenvalue weighted by atomic mass is 9.78. The van der Waals surface area contributed by atoms with Gasteiger partial charge in [0.25, 0.3) is 5.91 Å². The van der Waals surface area contributed by atoms with Gasteiger partial charge in [-0.3, -0.25) is 4.79 Å². The van der Waals surface area contributed by atoms with E-state index < -0.39 is 23.3 Å². The van der Waals surface area contributed by atoms with Gasteiger partial charge in [-0.2, -0.15) is 0 Å². The standard InChI is InChI=1S/C31H36F2N2O4/c1-21-18-24(12-13-26(21)32)29-25(6-5-7-27(29)33)31(37,14-3-4-16-38-2)28-20-35(15-17-39-28)30(36)23-10-8-22(19-34)9-11-23/h5-13,18,28,37H,3-4,14-17,19-20,34H2,1-2H3/t28-,31-/m1/s1. The molecule has 2 atom stereocenters. The first kappa shape index (κ1) is 28.8. The van der Waals surface area contributed by atoms with Gasteiger partial charge in [-0.05, 0) is 78.8 Å². The first-order valence-electron chi connectivity index (χ1n) is 13.2. The van der Waals surface area contributed by atoms with Crippen LogP contribution in [0.3, 0.4) is 0 Å². The van der Waals surface area contributed by atoms with Gasteiger partial charge < -0.3 is 25.2 Å². The third kappa shape index (κ3) is 6.36. The number of hydrogen-bond donors (Lipinski definition) is 2. The van der Waals surface area contributed by atoms with E-state index in [0.717, 1.165) is 5.56 Å². The second-order valence-corrected chi connectivity index (χ2v) is 10.0. The number of benzene rings is 3. The van der Waals surface area contributed by atoms with Crippen molar-refractivity contribution in [3.8, 4) is 11.1 Å². The number of carbonyl (C=O) groups is 1. The van der Waals surface area contributed by atoms with Gasteiger partial charge in [0.1, 0.15) is 23.3 Å². The number of aryl methyl sites for hydroxylation is 1. The molecule has 8 heteroatoms. The van der Waals surface area contributed by atoms with Gasteiger partial charge in [0.15, 0.2) is 0 Å². The van der Waals surface area contributed by atoms with Crippen LogP contribution in [0.1, 0.15) is 46.3 Å². The fourth-order valence-electron chi connectivity index (χ4n) is 5.18. The van der Waals surface area contributed by atoms with Crippen molar-refractivity contribution in [3.05, 3.63) is 94.6 Å². The summed E-state index contributed by atoms with van der Waals surface area (Å²) in [7, 11) is 1.61. The Morgan fingerprint density at radius 1 is 1.13 bits per heavy atom. The van der Waals surface area contributed by atoms with E-state index in [4.69, 9.17) is 15.2 Å². The van der Waals surface area contributed by atoms with Crippen LogP contribution in [-0.4, -0.2) is 55.4 Å². The zero-order valence-corrected chi connectivity index (χ0v) is 22.5. The molecule has 1 heterocycles. The third-order valence-electron chi connectivity index (χ3n) is 7.41. The number of halogens is 2. The van der Waals surface area contributed by atoms with Crippen molar-refractivity contribution in [1.82, 2.24) is 4.90 Å². The summed E-state index contributed by atoms with van der Waals surface area (Å²) in [5.74, 6) is -1.10. The highest BCUT2D eigenvalue weighted by molar-refractivity contribution is 5.94. The Bertz CT molecular complexity index is 1280. The van der Waals surface area contributed by atoms with Gasteiger partial charge in [0.05, 0.1) is 13.2 Å². The summed E-state index contributed by atoms with van der Waals surface area (Å²) in [6.07, 6.45) is 0.701. The summed E-state index contributed by atoms with van der Waals surface area (Å²) in [5, 5.41) is 12.4. The summed E-state index contributed by atoms with van der Waals surface area (Å²) in [6.45, 7) is 3.21. The second kappa shape index (κ2) is 12.8. The minimum absolute atomic E-state index is 0.122. The van der Waals surface area contributed by atoms with Crippen molar-refractivity contribution in [2.75, 3.05) is 33.4 Å². The summed E-state index contributed by atoms with van der Waals surface area (Å²) in [6, 6.07) is 16.1. The van der Waals surface area contributed by atoms with Crippen molar-refractivity contribution in [3.63, 3.8) is 0 Å². The molecule has 3 aromatic carbocycles. The molecular formula is C31H36F2N2O4. The number of nitrogens with zero attached hydrogens (tertiary/aromatic N) is 1. The Morgan fingerprint density at radius 2 is 1.90 bits per heavy atom. The van der Waals surface area contributed by atoms with Crippen molar-refractivity contribution in [1.29, 1.82) is 0 Å². The molecule has 39 heavy (non-hydrogen) atoms. The average molecular weight is 539 g/mol. The van der Waals surface area contributed by atoms with E-state index in [-0.39, 0.29) is 31.0 Å². The number of nitrogens with two attached hydrogens (primary N) is 1. The molecule has 0 saturated carbocycles. The Labute approximate surface area is 228 Å². The van der Waals surface area contributed by atoms with E-state index in [2.05, 4.69) is 0 Å². The van der Waals surface area contributed by atoms with E-state index in [0.29, 0.717) is 54.8 Å². The number of ether oxygens (including phenoxy) is 2. The predicted octanol–water partition coefficient (Wildman–Crippen LogP) is 4.94. The zero-order chi connectivity index (χ0) is 28.0. The molecule has 6 nitrogen and oxygen atoms in total. The highest BCUT2D eigenvalue weighted by Gasteiger charge is 2.44. The monoisotopic (exact) mass is 538 g/mol. The number of rotatable bonds is 10. The van der Waals surface area contributed by atoms with Crippen molar-refractivity contribution in [2.24, 2.45) is 5.73 Å². The molecule has 0 aliphatic carbocycles. The van der Waals surface area contributed by atoms with Crippen LogP contribution in [0.25, 0.3) is 11.1 Å². The van der Waals surface area contributed by atoms with Crippen LogP contribution in [0.4, 0.5) is 8.78 Å². The number of amides is 1. The highest BCUT2D eigenvalue weighted by Crippen LogP contribution is 2.41. The summed E-state index contributed by atoms with van der Waals surface area (Å²) >= 11 is 0. The molecule has 3 aromatic rings. The Morgan fingerprint density at radius 3 is 2.59 bits per heavy atom. The Kier molecular flexibility index (Phi) is 9.45. The molecule has 4 rings (SSSR count). The second-order valence-electron chi connectivity index (χ2n) is 10.0. The largest absolute Gasteiger partial charge is 0.385 e. The van der Waals surface area contributed by atoms with Gasteiger partial charge >= 0.3 is 0 Å². The molecule has 0 spiro atoms. The van der Waals surface area contributed by atoms with Crippen LogP contribution in [0.15, 0.2) is 60.7 Å².